The van der Waals surface area contributed by atoms with E-state index in [1.165, 1.54) is 17.7 Å². The van der Waals surface area contributed by atoms with E-state index in [0.717, 1.165) is 17.7 Å². The van der Waals surface area contributed by atoms with Crippen LogP contribution in [0.1, 0.15) is 16.8 Å². The van der Waals surface area contributed by atoms with E-state index in [1.807, 2.05) is 41.1 Å². The molecule has 0 amide bonds. The van der Waals surface area contributed by atoms with Gasteiger partial charge in [0.1, 0.15) is 18.1 Å². The Labute approximate surface area is 156 Å². The fourth-order valence-corrected chi connectivity index (χ4v) is 3.35. The van der Waals surface area contributed by atoms with E-state index in [4.69, 9.17) is 21.3 Å². The van der Waals surface area contributed by atoms with Gasteiger partial charge in [-0.05, 0) is 41.8 Å². The highest BCUT2D eigenvalue weighted by Gasteiger charge is 2.22. The summed E-state index contributed by atoms with van der Waals surface area (Å²) in [5.41, 5.74) is 3.01. The van der Waals surface area contributed by atoms with Crippen LogP contribution in [-0.2, 0) is 17.7 Å². The molecule has 3 nitrogen and oxygen atoms in total. The van der Waals surface area contributed by atoms with Crippen molar-refractivity contribution in [3.05, 3.63) is 94.5 Å². The number of rotatable bonds is 5. The number of benzene rings is 2. The molecule has 0 aliphatic carbocycles. The molecular formula is C21H18ClFN2O. The number of halogens is 2. The first kappa shape index (κ1) is 16.9. The van der Waals surface area contributed by atoms with E-state index >= 15 is 0 Å². The van der Waals surface area contributed by atoms with E-state index in [0.29, 0.717) is 24.1 Å². The lowest BCUT2D eigenvalue weighted by Gasteiger charge is -2.10. The molecule has 26 heavy (non-hydrogen) atoms. The van der Waals surface area contributed by atoms with Crippen LogP contribution in [0.3, 0.4) is 0 Å². The van der Waals surface area contributed by atoms with Crippen molar-refractivity contribution in [3.63, 3.8) is 0 Å². The molecule has 1 aromatic heterocycles. The Morgan fingerprint density at radius 3 is 2.77 bits per heavy atom. The highest BCUT2D eigenvalue weighted by molar-refractivity contribution is 6.31. The van der Waals surface area contributed by atoms with Gasteiger partial charge in [-0.2, -0.15) is 0 Å². The minimum absolute atomic E-state index is 0.116. The Kier molecular flexibility index (Phi) is 4.76. The Morgan fingerprint density at radius 2 is 1.96 bits per heavy atom. The second-order valence-electron chi connectivity index (χ2n) is 6.35. The molecule has 1 unspecified atom stereocenters. The second-order valence-corrected chi connectivity index (χ2v) is 6.75. The minimum atomic E-state index is -0.335. The van der Waals surface area contributed by atoms with E-state index in [9.17, 15) is 4.39 Å². The third-order valence-corrected chi connectivity index (χ3v) is 4.78. The van der Waals surface area contributed by atoms with Crippen molar-refractivity contribution in [1.82, 2.24) is 4.57 Å². The molecule has 0 radical (unpaired) electrons. The SMILES string of the molecule is Fc1ccc(Cn2cccc2C2=NC(Cc3ccccc3)CO2)c(Cl)c1. The number of ether oxygens (including phenoxy) is 1. The van der Waals surface area contributed by atoms with Gasteiger partial charge < -0.3 is 9.30 Å². The van der Waals surface area contributed by atoms with Gasteiger partial charge in [0.05, 0.1) is 6.04 Å². The lowest BCUT2D eigenvalue weighted by Crippen LogP contribution is -2.11. The van der Waals surface area contributed by atoms with E-state index in [-0.39, 0.29) is 11.9 Å². The Hall–Kier alpha value is -2.59. The Morgan fingerprint density at radius 1 is 1.12 bits per heavy atom. The summed E-state index contributed by atoms with van der Waals surface area (Å²) in [6, 6.07) is 18.8. The lowest BCUT2D eigenvalue weighted by molar-refractivity contribution is 0.315. The maximum Gasteiger partial charge on any atom is 0.233 e. The van der Waals surface area contributed by atoms with Crippen LogP contribution in [0.5, 0.6) is 0 Å². The molecule has 0 spiro atoms. The smallest absolute Gasteiger partial charge is 0.233 e. The van der Waals surface area contributed by atoms with Crippen LogP contribution >= 0.6 is 11.6 Å². The molecule has 1 aliphatic rings. The molecule has 0 saturated heterocycles. The molecule has 1 atom stereocenters. The standard InChI is InChI=1S/C21H18ClFN2O/c22-19-12-17(23)9-8-16(19)13-25-10-4-7-20(25)21-24-18(14-26-21)11-15-5-2-1-3-6-15/h1-10,12,18H,11,13-14H2. The third kappa shape index (κ3) is 3.65. The molecule has 2 heterocycles. The summed E-state index contributed by atoms with van der Waals surface area (Å²) < 4.78 is 21.1. The molecule has 2 aromatic carbocycles. The second kappa shape index (κ2) is 7.34. The first-order valence-corrected chi connectivity index (χ1v) is 8.91. The Balaban J connectivity index is 1.52. The van der Waals surface area contributed by atoms with E-state index in [2.05, 4.69) is 12.1 Å². The van der Waals surface area contributed by atoms with Gasteiger partial charge in [-0.3, -0.25) is 0 Å². The molecule has 0 bridgehead atoms. The van der Waals surface area contributed by atoms with Crippen LogP contribution in [-0.4, -0.2) is 23.1 Å². The number of nitrogens with zero attached hydrogens (tertiary/aromatic N) is 2. The summed E-state index contributed by atoms with van der Waals surface area (Å²) in [6.45, 7) is 1.11. The third-order valence-electron chi connectivity index (χ3n) is 4.43. The van der Waals surface area contributed by atoms with E-state index in [1.54, 1.807) is 6.07 Å². The predicted octanol–water partition coefficient (Wildman–Crippen LogP) is 4.72. The van der Waals surface area contributed by atoms with Crippen LogP contribution in [0.15, 0.2) is 71.9 Å². The van der Waals surface area contributed by atoms with Crippen molar-refractivity contribution >= 4 is 17.5 Å². The summed E-state index contributed by atoms with van der Waals surface area (Å²) in [6.07, 6.45) is 2.81. The van der Waals surface area contributed by atoms with Crippen molar-refractivity contribution in [2.24, 2.45) is 4.99 Å². The number of hydrogen-bond donors (Lipinski definition) is 0. The molecule has 132 valence electrons. The summed E-state index contributed by atoms with van der Waals surface area (Å²) in [7, 11) is 0. The monoisotopic (exact) mass is 368 g/mol. The van der Waals surface area contributed by atoms with E-state index < -0.39 is 0 Å². The molecule has 1 aliphatic heterocycles. The molecular weight excluding hydrogens is 351 g/mol. The van der Waals surface area contributed by atoms with Crippen molar-refractivity contribution < 1.29 is 9.13 Å². The molecule has 0 N–H and O–H groups in total. The van der Waals surface area contributed by atoms with Gasteiger partial charge in [0.15, 0.2) is 0 Å². The van der Waals surface area contributed by atoms with Crippen molar-refractivity contribution in [2.45, 2.75) is 19.0 Å². The van der Waals surface area contributed by atoms with Gasteiger partial charge in [0.2, 0.25) is 5.90 Å². The lowest BCUT2D eigenvalue weighted by atomic mass is 10.1. The van der Waals surface area contributed by atoms with Crippen LogP contribution in [0, 0.1) is 5.82 Å². The molecule has 5 heteroatoms. The quantitative estimate of drug-likeness (QED) is 0.640. The maximum absolute atomic E-state index is 13.2. The van der Waals surface area contributed by atoms with Crippen LogP contribution in [0.25, 0.3) is 0 Å². The zero-order valence-corrected chi connectivity index (χ0v) is 14.9. The largest absolute Gasteiger partial charge is 0.474 e. The number of aromatic nitrogens is 1. The first-order chi connectivity index (χ1) is 12.7. The highest BCUT2D eigenvalue weighted by Crippen LogP contribution is 2.21. The molecule has 0 saturated carbocycles. The zero-order valence-electron chi connectivity index (χ0n) is 14.1. The number of hydrogen-bond acceptors (Lipinski definition) is 2. The summed E-state index contributed by atoms with van der Waals surface area (Å²) >= 11 is 6.16. The van der Waals surface area contributed by atoms with Gasteiger partial charge in [-0.25, -0.2) is 9.38 Å². The predicted molar refractivity (Wildman–Crippen MR) is 101 cm³/mol. The van der Waals surface area contributed by atoms with Gasteiger partial charge in [0, 0.05) is 17.8 Å². The topological polar surface area (TPSA) is 26.5 Å². The van der Waals surface area contributed by atoms with Crippen LogP contribution in [0.4, 0.5) is 4.39 Å². The minimum Gasteiger partial charge on any atom is -0.474 e. The molecule has 3 aromatic rings. The van der Waals surface area contributed by atoms with Gasteiger partial charge in [0.25, 0.3) is 0 Å². The molecule has 0 fully saturated rings. The zero-order chi connectivity index (χ0) is 17.9. The fourth-order valence-electron chi connectivity index (χ4n) is 3.13. The fraction of sp³-hybridized carbons (Fsp3) is 0.190. The van der Waals surface area contributed by atoms with Crippen LogP contribution in [0.2, 0.25) is 5.02 Å². The first-order valence-electron chi connectivity index (χ1n) is 8.53. The van der Waals surface area contributed by atoms with Gasteiger partial charge in [-0.1, -0.05) is 48.0 Å². The maximum atomic E-state index is 13.2. The molecule has 4 rings (SSSR count). The summed E-state index contributed by atoms with van der Waals surface area (Å²) in [5, 5.41) is 0.417. The van der Waals surface area contributed by atoms with Gasteiger partial charge in [-0.15, -0.1) is 0 Å². The average Bonchev–Trinajstić information content (AvgIpc) is 3.27. The van der Waals surface area contributed by atoms with Crippen LogP contribution < -0.4 is 0 Å². The summed E-state index contributed by atoms with van der Waals surface area (Å²) in [5.74, 6) is 0.313. The Bertz CT molecular complexity index is 936. The normalized spacial score (nSPS) is 16.4. The van der Waals surface area contributed by atoms with Crippen molar-refractivity contribution in [2.75, 3.05) is 6.61 Å². The van der Waals surface area contributed by atoms with Crippen molar-refractivity contribution in [1.29, 1.82) is 0 Å². The summed E-state index contributed by atoms with van der Waals surface area (Å²) in [4.78, 5) is 4.75. The van der Waals surface area contributed by atoms with Gasteiger partial charge >= 0.3 is 0 Å². The van der Waals surface area contributed by atoms with Crippen molar-refractivity contribution in [3.8, 4) is 0 Å². The average molecular weight is 369 g/mol. The highest BCUT2D eigenvalue weighted by atomic mass is 35.5. The number of aliphatic imine (C=N–C) groups is 1.